The molecule has 3 aromatic carbocycles. The molecule has 3 aromatic rings. The van der Waals surface area contributed by atoms with E-state index in [1.54, 1.807) is 42.6 Å². The summed E-state index contributed by atoms with van der Waals surface area (Å²) in [6.45, 7) is 0. The lowest BCUT2D eigenvalue weighted by Crippen LogP contribution is -3.00. The van der Waals surface area contributed by atoms with Gasteiger partial charge in [-0.1, -0.05) is 48.5 Å². The first kappa shape index (κ1) is 19.8. The second-order valence-corrected chi connectivity index (χ2v) is 6.43. The molecule has 0 saturated carbocycles. The quantitative estimate of drug-likeness (QED) is 0.637. The maximum atomic E-state index is 14.2. The molecule has 0 radical (unpaired) electrons. The lowest BCUT2D eigenvalue weighted by atomic mass is 9.89. The molecule has 0 amide bonds. The number of aryl methyl sites for hydroxylation is 1. The zero-order valence-electron chi connectivity index (χ0n) is 15.1. The molecule has 0 heterocycles. The van der Waals surface area contributed by atoms with E-state index >= 15 is 0 Å². The van der Waals surface area contributed by atoms with Gasteiger partial charge in [0, 0.05) is 17.2 Å². The number of fused-ring (bicyclic) bond motifs is 1. The fourth-order valence-electron chi connectivity index (χ4n) is 3.28. The minimum absolute atomic E-state index is 0. The Balaban J connectivity index is 0.00000225. The summed E-state index contributed by atoms with van der Waals surface area (Å²) in [7, 11) is 0. The van der Waals surface area contributed by atoms with Gasteiger partial charge in [-0.25, -0.2) is 9.38 Å². The van der Waals surface area contributed by atoms with E-state index in [0.29, 0.717) is 11.4 Å². The predicted molar refractivity (Wildman–Crippen MR) is 105 cm³/mol. The molecule has 1 aliphatic rings. The SMILES string of the molecule is Fc1ccccc1NC1=C(C=[NH+]c2ccccc2F)CCc2ccccc21.[Cl-]. The number of rotatable bonds is 4. The van der Waals surface area contributed by atoms with E-state index in [4.69, 9.17) is 0 Å². The van der Waals surface area contributed by atoms with Crippen molar-refractivity contribution in [2.24, 2.45) is 0 Å². The largest absolute Gasteiger partial charge is 1.00 e. The van der Waals surface area contributed by atoms with Crippen molar-refractivity contribution in [2.75, 3.05) is 5.32 Å². The van der Waals surface area contributed by atoms with E-state index in [-0.39, 0.29) is 24.0 Å². The highest BCUT2D eigenvalue weighted by atomic mass is 35.5. The molecule has 0 bridgehead atoms. The number of hydrogen-bond donors (Lipinski definition) is 2. The topological polar surface area (TPSA) is 26.0 Å². The van der Waals surface area contributed by atoms with Gasteiger partial charge in [0.25, 0.3) is 0 Å². The fraction of sp³-hybridized carbons (Fsp3) is 0.0870. The minimum atomic E-state index is -0.311. The molecule has 4 rings (SSSR count). The lowest BCUT2D eigenvalue weighted by Gasteiger charge is -2.22. The number of para-hydroxylation sites is 2. The van der Waals surface area contributed by atoms with Crippen LogP contribution in [-0.2, 0) is 6.42 Å². The third-order valence-electron chi connectivity index (χ3n) is 4.68. The van der Waals surface area contributed by atoms with Crippen LogP contribution in [0.15, 0.2) is 78.4 Å². The van der Waals surface area contributed by atoms with Crippen molar-refractivity contribution in [1.29, 1.82) is 0 Å². The average Bonchev–Trinajstić information content (AvgIpc) is 2.70. The van der Waals surface area contributed by atoms with Crippen LogP contribution in [0, 0.1) is 11.6 Å². The van der Waals surface area contributed by atoms with E-state index in [0.717, 1.165) is 29.7 Å². The van der Waals surface area contributed by atoms with Gasteiger partial charge < -0.3 is 17.7 Å². The Kier molecular flexibility index (Phi) is 6.22. The molecule has 0 aliphatic heterocycles. The Morgan fingerprint density at radius 1 is 0.786 bits per heavy atom. The summed E-state index contributed by atoms with van der Waals surface area (Å²) < 4.78 is 28.1. The molecular formula is C23H19ClF2N2. The van der Waals surface area contributed by atoms with E-state index in [9.17, 15) is 8.78 Å². The molecule has 0 saturated heterocycles. The number of nitrogens with one attached hydrogen (secondary N) is 2. The van der Waals surface area contributed by atoms with Crippen molar-refractivity contribution in [1.82, 2.24) is 0 Å². The first-order valence-electron chi connectivity index (χ1n) is 8.89. The second kappa shape index (κ2) is 8.81. The van der Waals surface area contributed by atoms with E-state index in [2.05, 4.69) is 16.4 Å². The minimum Gasteiger partial charge on any atom is -1.00 e. The molecule has 0 aromatic heterocycles. The predicted octanol–water partition coefficient (Wildman–Crippen LogP) is 1.22. The van der Waals surface area contributed by atoms with E-state index in [1.165, 1.54) is 17.7 Å². The number of anilines is 1. The molecule has 1 aliphatic carbocycles. The van der Waals surface area contributed by atoms with Crippen LogP contribution >= 0.6 is 0 Å². The number of hydrogen-bond acceptors (Lipinski definition) is 1. The first-order valence-corrected chi connectivity index (χ1v) is 8.89. The van der Waals surface area contributed by atoms with Gasteiger partial charge in [0.15, 0.2) is 12.0 Å². The zero-order valence-corrected chi connectivity index (χ0v) is 15.8. The van der Waals surface area contributed by atoms with Gasteiger partial charge in [0.2, 0.25) is 5.69 Å². The van der Waals surface area contributed by atoms with Crippen molar-refractivity contribution >= 4 is 23.3 Å². The summed E-state index contributed by atoms with van der Waals surface area (Å²) in [5.41, 5.74) is 4.88. The number of halogens is 3. The highest BCUT2D eigenvalue weighted by molar-refractivity contribution is 5.94. The molecule has 0 atom stereocenters. The van der Waals surface area contributed by atoms with Crippen molar-refractivity contribution < 1.29 is 26.2 Å². The zero-order chi connectivity index (χ0) is 18.6. The highest BCUT2D eigenvalue weighted by Gasteiger charge is 2.20. The second-order valence-electron chi connectivity index (χ2n) is 6.43. The van der Waals surface area contributed by atoms with Crippen LogP contribution in [0.25, 0.3) is 5.70 Å². The normalized spacial score (nSPS) is 13.2. The summed E-state index contributed by atoms with van der Waals surface area (Å²) in [6.07, 6.45) is 3.45. The summed E-state index contributed by atoms with van der Waals surface area (Å²) in [6, 6.07) is 21.2. The summed E-state index contributed by atoms with van der Waals surface area (Å²) in [5, 5.41) is 3.25. The third-order valence-corrected chi connectivity index (χ3v) is 4.68. The Bertz CT molecular complexity index is 1040. The molecule has 2 nitrogen and oxygen atoms in total. The Morgan fingerprint density at radius 2 is 1.46 bits per heavy atom. The van der Waals surface area contributed by atoms with Crippen LogP contribution in [-0.4, -0.2) is 6.21 Å². The molecule has 2 N–H and O–H groups in total. The molecule has 28 heavy (non-hydrogen) atoms. The summed E-state index contributed by atoms with van der Waals surface area (Å²) >= 11 is 0. The molecular weight excluding hydrogens is 378 g/mol. The lowest BCUT2D eigenvalue weighted by molar-refractivity contribution is -0.350. The first-order chi connectivity index (χ1) is 13.2. The standard InChI is InChI=1S/C23H18F2N2.ClH/c24-19-9-3-5-11-21(19)26-15-17-14-13-16-7-1-2-8-18(16)23(17)27-22-12-6-4-10-20(22)25;/h1-12,15,27H,13-14H2;1H. The van der Waals surface area contributed by atoms with E-state index < -0.39 is 0 Å². The Labute approximate surface area is 169 Å². The van der Waals surface area contributed by atoms with Gasteiger partial charge >= 0.3 is 0 Å². The number of benzene rings is 3. The van der Waals surface area contributed by atoms with Crippen LogP contribution < -0.4 is 22.7 Å². The third kappa shape index (κ3) is 4.12. The van der Waals surface area contributed by atoms with Gasteiger partial charge in [-0.05, 0) is 36.6 Å². The van der Waals surface area contributed by atoms with Crippen molar-refractivity contribution in [3.63, 3.8) is 0 Å². The van der Waals surface area contributed by atoms with E-state index in [1.807, 2.05) is 18.2 Å². The molecule has 0 fully saturated rings. The number of allylic oxidation sites excluding steroid dienone is 1. The van der Waals surface area contributed by atoms with Gasteiger partial charge in [-0.3, -0.25) is 0 Å². The average molecular weight is 397 g/mol. The van der Waals surface area contributed by atoms with Gasteiger partial charge in [-0.2, -0.15) is 4.39 Å². The van der Waals surface area contributed by atoms with Crippen LogP contribution in [0.1, 0.15) is 17.5 Å². The van der Waals surface area contributed by atoms with Gasteiger partial charge in [0.05, 0.1) is 11.4 Å². The highest BCUT2D eigenvalue weighted by Crippen LogP contribution is 2.31. The van der Waals surface area contributed by atoms with Crippen LogP contribution in [0.5, 0.6) is 0 Å². The van der Waals surface area contributed by atoms with Crippen molar-refractivity contribution in [3.8, 4) is 0 Å². The smallest absolute Gasteiger partial charge is 0.239 e. The fourth-order valence-corrected chi connectivity index (χ4v) is 3.28. The van der Waals surface area contributed by atoms with Crippen LogP contribution in [0.3, 0.4) is 0 Å². The molecule has 5 heteroatoms. The molecule has 0 spiro atoms. The maximum absolute atomic E-state index is 14.2. The summed E-state index contributed by atoms with van der Waals surface area (Å²) in [4.78, 5) is 3.05. The molecule has 142 valence electrons. The van der Waals surface area contributed by atoms with Gasteiger partial charge in [-0.15, -0.1) is 0 Å². The van der Waals surface area contributed by atoms with Gasteiger partial charge in [0.1, 0.15) is 5.82 Å². The maximum Gasteiger partial charge on any atom is 0.239 e. The summed E-state index contributed by atoms with van der Waals surface area (Å²) in [5.74, 6) is -0.622. The monoisotopic (exact) mass is 396 g/mol. The van der Waals surface area contributed by atoms with Crippen molar-refractivity contribution in [2.45, 2.75) is 12.8 Å². The van der Waals surface area contributed by atoms with Crippen LogP contribution in [0.4, 0.5) is 20.2 Å². The Hall–Kier alpha value is -2.98. The van der Waals surface area contributed by atoms with Crippen LogP contribution in [0.2, 0.25) is 0 Å². The Morgan fingerprint density at radius 3 is 2.25 bits per heavy atom. The molecule has 0 unspecified atom stereocenters. The van der Waals surface area contributed by atoms with Crippen molar-refractivity contribution in [3.05, 3.63) is 101 Å².